The molecular formula is C16H32N2. The first-order valence-corrected chi connectivity index (χ1v) is 8.11. The van der Waals surface area contributed by atoms with E-state index in [1.165, 1.54) is 71.0 Å². The molecule has 2 atom stereocenters. The number of nitrogens with zero attached hydrogens (tertiary/aromatic N) is 1. The molecule has 18 heavy (non-hydrogen) atoms. The molecule has 1 saturated heterocycles. The Morgan fingerprint density at radius 1 is 1.11 bits per heavy atom. The molecule has 1 aliphatic carbocycles. The molecule has 2 heteroatoms. The zero-order chi connectivity index (χ0) is 13.0. The van der Waals surface area contributed by atoms with Gasteiger partial charge in [-0.2, -0.15) is 0 Å². The number of hydrogen-bond donors (Lipinski definition) is 1. The van der Waals surface area contributed by atoms with Crippen molar-refractivity contribution in [2.24, 2.45) is 17.1 Å². The lowest BCUT2D eigenvalue weighted by atomic mass is 9.78. The van der Waals surface area contributed by atoms with Crippen molar-refractivity contribution in [3.8, 4) is 0 Å². The molecule has 0 spiro atoms. The average molecular weight is 252 g/mol. The van der Waals surface area contributed by atoms with Gasteiger partial charge in [-0.1, -0.05) is 39.5 Å². The van der Waals surface area contributed by atoms with Crippen molar-refractivity contribution in [1.29, 1.82) is 0 Å². The van der Waals surface area contributed by atoms with Crippen LogP contribution in [0.2, 0.25) is 0 Å². The summed E-state index contributed by atoms with van der Waals surface area (Å²) in [5.74, 6) is 0.762. The Balaban J connectivity index is 1.79. The van der Waals surface area contributed by atoms with E-state index in [-0.39, 0.29) is 0 Å². The van der Waals surface area contributed by atoms with E-state index in [2.05, 4.69) is 18.7 Å². The van der Waals surface area contributed by atoms with Crippen LogP contribution in [0.5, 0.6) is 0 Å². The minimum atomic E-state index is 0.465. The summed E-state index contributed by atoms with van der Waals surface area (Å²) >= 11 is 0. The number of piperidine rings is 1. The van der Waals surface area contributed by atoms with Gasteiger partial charge in [0.1, 0.15) is 0 Å². The third kappa shape index (κ3) is 3.71. The molecule has 0 aromatic heterocycles. The van der Waals surface area contributed by atoms with E-state index in [0.29, 0.717) is 11.5 Å². The van der Waals surface area contributed by atoms with Crippen LogP contribution >= 0.6 is 0 Å². The average Bonchev–Trinajstić information content (AvgIpc) is 2.58. The van der Waals surface area contributed by atoms with Crippen molar-refractivity contribution in [1.82, 2.24) is 4.90 Å². The van der Waals surface area contributed by atoms with Crippen LogP contribution in [0.1, 0.15) is 65.2 Å². The Labute approximate surface area is 113 Å². The summed E-state index contributed by atoms with van der Waals surface area (Å²) in [4.78, 5) is 2.69. The highest BCUT2D eigenvalue weighted by molar-refractivity contribution is 4.85. The van der Waals surface area contributed by atoms with E-state index in [0.717, 1.165) is 5.92 Å². The highest BCUT2D eigenvalue weighted by atomic mass is 15.1. The van der Waals surface area contributed by atoms with Gasteiger partial charge >= 0.3 is 0 Å². The number of likely N-dealkylation sites (tertiary alicyclic amines) is 1. The predicted octanol–water partition coefficient (Wildman–Crippen LogP) is 3.41. The van der Waals surface area contributed by atoms with E-state index < -0.39 is 0 Å². The van der Waals surface area contributed by atoms with Gasteiger partial charge in [-0.25, -0.2) is 0 Å². The summed E-state index contributed by atoms with van der Waals surface area (Å²) in [5, 5.41) is 0. The van der Waals surface area contributed by atoms with E-state index in [1.54, 1.807) is 0 Å². The van der Waals surface area contributed by atoms with E-state index >= 15 is 0 Å². The van der Waals surface area contributed by atoms with Crippen LogP contribution in [0, 0.1) is 11.3 Å². The van der Waals surface area contributed by atoms with Crippen molar-refractivity contribution >= 4 is 0 Å². The molecule has 106 valence electrons. The largest absolute Gasteiger partial charge is 0.327 e. The molecular weight excluding hydrogens is 220 g/mol. The molecule has 0 radical (unpaired) electrons. The maximum absolute atomic E-state index is 6.35. The van der Waals surface area contributed by atoms with Crippen LogP contribution in [0.15, 0.2) is 0 Å². The molecule has 0 aromatic rings. The summed E-state index contributed by atoms with van der Waals surface area (Å²) in [6, 6.07) is 0.465. The first-order chi connectivity index (χ1) is 8.63. The highest BCUT2D eigenvalue weighted by Crippen LogP contribution is 2.34. The predicted molar refractivity (Wildman–Crippen MR) is 78.6 cm³/mol. The van der Waals surface area contributed by atoms with E-state index in [4.69, 9.17) is 5.73 Å². The molecule has 2 fully saturated rings. The van der Waals surface area contributed by atoms with Gasteiger partial charge < -0.3 is 10.6 Å². The fourth-order valence-corrected chi connectivity index (χ4v) is 3.60. The summed E-state index contributed by atoms with van der Waals surface area (Å²) in [6.45, 7) is 8.67. The van der Waals surface area contributed by atoms with Gasteiger partial charge in [0.15, 0.2) is 0 Å². The van der Waals surface area contributed by atoms with Crippen LogP contribution in [-0.4, -0.2) is 30.6 Å². The van der Waals surface area contributed by atoms with Crippen LogP contribution in [0.25, 0.3) is 0 Å². The molecule has 2 nitrogen and oxygen atoms in total. The Hall–Kier alpha value is -0.0800. The first-order valence-electron chi connectivity index (χ1n) is 8.11. The van der Waals surface area contributed by atoms with Gasteiger partial charge in [-0.3, -0.25) is 0 Å². The zero-order valence-corrected chi connectivity index (χ0v) is 12.5. The molecule has 1 aliphatic heterocycles. The maximum Gasteiger partial charge on any atom is 0.00793 e. The van der Waals surface area contributed by atoms with Crippen molar-refractivity contribution in [3.05, 3.63) is 0 Å². The normalized spacial score (nSPS) is 34.2. The van der Waals surface area contributed by atoms with Gasteiger partial charge in [0.25, 0.3) is 0 Å². The molecule has 2 rings (SSSR count). The van der Waals surface area contributed by atoms with Crippen molar-refractivity contribution < 1.29 is 0 Å². The minimum absolute atomic E-state index is 0.465. The van der Waals surface area contributed by atoms with Crippen molar-refractivity contribution in [3.63, 3.8) is 0 Å². The number of rotatable bonds is 3. The van der Waals surface area contributed by atoms with E-state index in [1.807, 2.05) is 0 Å². The molecule has 0 bridgehead atoms. The van der Waals surface area contributed by atoms with Crippen LogP contribution in [0.4, 0.5) is 0 Å². The third-order valence-electron chi connectivity index (χ3n) is 5.63. The Kier molecular flexibility index (Phi) is 5.08. The van der Waals surface area contributed by atoms with E-state index in [9.17, 15) is 0 Å². The van der Waals surface area contributed by atoms with Gasteiger partial charge in [-0.05, 0) is 50.1 Å². The van der Waals surface area contributed by atoms with Gasteiger partial charge in [0.05, 0.1) is 0 Å². The lowest BCUT2D eigenvalue weighted by Gasteiger charge is -2.40. The second-order valence-electron chi connectivity index (χ2n) is 7.03. The lowest BCUT2D eigenvalue weighted by Crippen LogP contribution is -2.44. The molecule has 2 N–H and O–H groups in total. The second kappa shape index (κ2) is 6.38. The Morgan fingerprint density at radius 2 is 1.78 bits per heavy atom. The van der Waals surface area contributed by atoms with Crippen LogP contribution < -0.4 is 5.73 Å². The topological polar surface area (TPSA) is 29.3 Å². The minimum Gasteiger partial charge on any atom is -0.327 e. The SMILES string of the molecule is CCC1(C)CCN(CC2CCCCCC2N)CC1. The summed E-state index contributed by atoms with van der Waals surface area (Å²) in [6.07, 6.45) is 10.9. The summed E-state index contributed by atoms with van der Waals surface area (Å²) in [7, 11) is 0. The molecule has 2 unspecified atom stereocenters. The molecule has 2 aliphatic rings. The fraction of sp³-hybridized carbons (Fsp3) is 1.00. The standard InChI is InChI=1S/C16H32N2/c1-3-16(2)9-11-18(12-10-16)13-14-7-5-4-6-8-15(14)17/h14-15H,3-13,17H2,1-2H3. The molecule has 1 heterocycles. The monoisotopic (exact) mass is 252 g/mol. The summed E-state index contributed by atoms with van der Waals surface area (Å²) in [5.41, 5.74) is 6.96. The van der Waals surface area contributed by atoms with Gasteiger partial charge in [0.2, 0.25) is 0 Å². The zero-order valence-electron chi connectivity index (χ0n) is 12.5. The third-order valence-corrected chi connectivity index (χ3v) is 5.63. The Morgan fingerprint density at radius 3 is 2.44 bits per heavy atom. The lowest BCUT2D eigenvalue weighted by molar-refractivity contribution is 0.0955. The van der Waals surface area contributed by atoms with Crippen molar-refractivity contribution in [2.45, 2.75) is 71.3 Å². The highest BCUT2D eigenvalue weighted by Gasteiger charge is 2.30. The molecule has 1 saturated carbocycles. The van der Waals surface area contributed by atoms with Gasteiger partial charge in [-0.15, -0.1) is 0 Å². The Bertz CT molecular complexity index is 243. The van der Waals surface area contributed by atoms with Gasteiger partial charge in [0, 0.05) is 12.6 Å². The molecule has 0 amide bonds. The van der Waals surface area contributed by atoms with Crippen LogP contribution in [0.3, 0.4) is 0 Å². The maximum atomic E-state index is 6.35. The summed E-state index contributed by atoms with van der Waals surface area (Å²) < 4.78 is 0. The second-order valence-corrected chi connectivity index (χ2v) is 7.03. The smallest absolute Gasteiger partial charge is 0.00793 e. The fourth-order valence-electron chi connectivity index (χ4n) is 3.60. The van der Waals surface area contributed by atoms with Crippen LogP contribution in [-0.2, 0) is 0 Å². The number of hydrogen-bond acceptors (Lipinski definition) is 2. The molecule has 0 aromatic carbocycles. The van der Waals surface area contributed by atoms with Crippen molar-refractivity contribution in [2.75, 3.05) is 19.6 Å². The number of nitrogens with two attached hydrogens (primary N) is 1. The quantitative estimate of drug-likeness (QED) is 0.780. The first kappa shape index (κ1) is 14.3.